The fraction of sp³-hybridized carbons (Fsp3) is 0.292. The van der Waals surface area contributed by atoms with Crippen molar-refractivity contribution in [1.29, 1.82) is 0 Å². The Balaban J connectivity index is 1.84. The van der Waals surface area contributed by atoms with Crippen LogP contribution in [0.2, 0.25) is 0 Å². The van der Waals surface area contributed by atoms with Gasteiger partial charge in [0.2, 0.25) is 5.91 Å². The maximum Gasteiger partial charge on any atom is 0.248 e. The summed E-state index contributed by atoms with van der Waals surface area (Å²) in [6, 6.07) is 12.2. The summed E-state index contributed by atoms with van der Waals surface area (Å²) < 4.78 is 16.8. The van der Waals surface area contributed by atoms with Crippen LogP contribution in [-0.4, -0.2) is 38.7 Å². The molecule has 0 bridgehead atoms. The van der Waals surface area contributed by atoms with Gasteiger partial charge in [0.05, 0.1) is 20.8 Å². The number of ether oxygens (including phenoxy) is 3. The Bertz CT molecular complexity index is 1070. The van der Waals surface area contributed by atoms with Gasteiger partial charge in [-0.2, -0.15) is 0 Å². The maximum atomic E-state index is 13.2. The first-order chi connectivity index (χ1) is 14.1. The number of methoxy groups -OCH3 is 3. The highest BCUT2D eigenvalue weighted by molar-refractivity contribution is 5.95. The Labute approximate surface area is 170 Å². The third-order valence-electron chi connectivity index (χ3n) is 6.36. The number of rotatable bonds is 4. The van der Waals surface area contributed by atoms with Crippen molar-refractivity contribution in [1.82, 2.24) is 4.90 Å². The first kappa shape index (κ1) is 18.0. The molecule has 2 atom stereocenters. The van der Waals surface area contributed by atoms with Gasteiger partial charge in [-0.3, -0.25) is 4.79 Å². The highest BCUT2D eigenvalue weighted by atomic mass is 16.5. The minimum atomic E-state index is -0.604. The molecule has 0 saturated heterocycles. The molecule has 0 aromatic heterocycles. The lowest BCUT2D eigenvalue weighted by atomic mass is 9.63. The quantitative estimate of drug-likeness (QED) is 0.801. The van der Waals surface area contributed by atoms with Crippen molar-refractivity contribution in [3.8, 4) is 11.5 Å². The van der Waals surface area contributed by atoms with E-state index in [0.29, 0.717) is 13.2 Å². The van der Waals surface area contributed by atoms with E-state index in [1.165, 1.54) is 0 Å². The average Bonchev–Trinajstić information content (AvgIpc) is 3.02. The number of benzene rings is 2. The zero-order chi connectivity index (χ0) is 20.2. The lowest BCUT2D eigenvalue weighted by Crippen LogP contribution is -2.54. The molecule has 1 spiro atoms. The molecule has 2 aromatic rings. The van der Waals surface area contributed by atoms with E-state index in [9.17, 15) is 4.79 Å². The Kier molecular flexibility index (Phi) is 4.03. The Morgan fingerprint density at radius 3 is 2.72 bits per heavy atom. The lowest BCUT2D eigenvalue weighted by Gasteiger charge is -2.52. The minimum Gasteiger partial charge on any atom is -0.497 e. The van der Waals surface area contributed by atoms with E-state index in [-0.39, 0.29) is 11.8 Å². The molecule has 0 unspecified atom stereocenters. The van der Waals surface area contributed by atoms with E-state index in [2.05, 4.69) is 24.3 Å². The van der Waals surface area contributed by atoms with Gasteiger partial charge in [0, 0.05) is 37.3 Å². The van der Waals surface area contributed by atoms with E-state index in [4.69, 9.17) is 14.2 Å². The van der Waals surface area contributed by atoms with Crippen LogP contribution in [-0.2, 0) is 21.6 Å². The van der Waals surface area contributed by atoms with Crippen molar-refractivity contribution < 1.29 is 19.0 Å². The van der Waals surface area contributed by atoms with E-state index in [0.717, 1.165) is 39.3 Å². The second kappa shape index (κ2) is 6.49. The van der Waals surface area contributed by atoms with Gasteiger partial charge in [0.25, 0.3) is 0 Å². The highest BCUT2D eigenvalue weighted by Crippen LogP contribution is 2.59. The van der Waals surface area contributed by atoms with Gasteiger partial charge in [-0.15, -0.1) is 0 Å². The lowest BCUT2D eigenvalue weighted by molar-refractivity contribution is -0.131. The van der Waals surface area contributed by atoms with Crippen LogP contribution in [0.4, 0.5) is 0 Å². The van der Waals surface area contributed by atoms with Crippen LogP contribution in [0.5, 0.6) is 11.5 Å². The van der Waals surface area contributed by atoms with Crippen LogP contribution in [0.1, 0.15) is 28.2 Å². The van der Waals surface area contributed by atoms with Crippen LogP contribution in [0, 0.1) is 0 Å². The predicted molar refractivity (Wildman–Crippen MR) is 110 cm³/mol. The molecule has 5 rings (SSSR count). The monoisotopic (exact) mass is 389 g/mol. The summed E-state index contributed by atoms with van der Waals surface area (Å²) in [5.41, 5.74) is 4.79. The molecule has 0 fully saturated rings. The second-order valence-electron chi connectivity index (χ2n) is 7.62. The smallest absolute Gasteiger partial charge is 0.248 e. The van der Waals surface area contributed by atoms with E-state index >= 15 is 0 Å². The van der Waals surface area contributed by atoms with Crippen molar-refractivity contribution >= 4 is 12.0 Å². The summed E-state index contributed by atoms with van der Waals surface area (Å²) in [6.45, 7) is 0.888. The molecule has 29 heavy (non-hydrogen) atoms. The first-order valence-electron chi connectivity index (χ1n) is 9.69. The molecule has 2 heterocycles. The molecule has 0 radical (unpaired) electrons. The molecule has 5 heteroatoms. The van der Waals surface area contributed by atoms with Gasteiger partial charge < -0.3 is 19.1 Å². The predicted octanol–water partition coefficient (Wildman–Crippen LogP) is 3.64. The fourth-order valence-electron chi connectivity index (χ4n) is 5.28. The zero-order valence-corrected chi connectivity index (χ0v) is 16.8. The van der Waals surface area contributed by atoms with E-state index in [1.54, 1.807) is 27.4 Å². The van der Waals surface area contributed by atoms with Gasteiger partial charge in [0.1, 0.15) is 17.0 Å². The van der Waals surface area contributed by atoms with E-state index < -0.39 is 5.54 Å². The maximum absolute atomic E-state index is 13.2. The Morgan fingerprint density at radius 1 is 1.14 bits per heavy atom. The molecule has 1 aliphatic carbocycles. The molecule has 1 amide bonds. The molecule has 2 aliphatic heterocycles. The molecule has 3 aliphatic rings. The molecule has 148 valence electrons. The van der Waals surface area contributed by atoms with Gasteiger partial charge in [-0.05, 0) is 28.3 Å². The van der Waals surface area contributed by atoms with Crippen molar-refractivity contribution in [3.63, 3.8) is 0 Å². The molecular formula is C24H23NO4. The number of hydrogen-bond acceptors (Lipinski definition) is 4. The van der Waals surface area contributed by atoms with Crippen molar-refractivity contribution in [2.75, 3.05) is 27.9 Å². The number of nitrogens with zero attached hydrogens (tertiary/aromatic N) is 1. The molecule has 0 N–H and O–H groups in total. The molecule has 0 saturated carbocycles. The number of amides is 1. The van der Waals surface area contributed by atoms with Crippen LogP contribution < -0.4 is 9.47 Å². The summed E-state index contributed by atoms with van der Waals surface area (Å²) >= 11 is 0. The van der Waals surface area contributed by atoms with Crippen LogP contribution in [0.3, 0.4) is 0 Å². The van der Waals surface area contributed by atoms with Crippen molar-refractivity contribution in [3.05, 3.63) is 76.4 Å². The molecule has 2 aromatic carbocycles. The SMILES string of the molecule is COCC1=CC(=O)N2Cc3cc(OC)cc(OC)c3[C@H]3C=Cc4ccccc4[C@]132. The number of carbonyl (C=O) groups is 1. The van der Waals surface area contributed by atoms with Gasteiger partial charge in [-0.1, -0.05) is 36.4 Å². The number of carbonyl (C=O) groups excluding carboxylic acids is 1. The summed E-state index contributed by atoms with van der Waals surface area (Å²) in [7, 11) is 5.00. The third-order valence-corrected chi connectivity index (χ3v) is 6.36. The largest absolute Gasteiger partial charge is 0.497 e. The van der Waals surface area contributed by atoms with Crippen LogP contribution >= 0.6 is 0 Å². The fourth-order valence-corrected chi connectivity index (χ4v) is 5.28. The van der Waals surface area contributed by atoms with Gasteiger partial charge in [-0.25, -0.2) is 0 Å². The standard InChI is InChI=1S/C24H23NO4/c1-27-14-17-11-22(26)25-13-16-10-18(28-2)12-21(29-3)23(16)20-9-8-15-6-4-5-7-19(15)24(17,20)25/h4-12,20H,13-14H2,1-3H3/t20-,24-/m1/s1. The summed E-state index contributed by atoms with van der Waals surface area (Å²) in [6.07, 6.45) is 6.10. The zero-order valence-electron chi connectivity index (χ0n) is 16.8. The molecular weight excluding hydrogens is 366 g/mol. The summed E-state index contributed by atoms with van der Waals surface area (Å²) in [5, 5.41) is 0. The second-order valence-corrected chi connectivity index (χ2v) is 7.62. The third kappa shape index (κ3) is 2.28. The van der Waals surface area contributed by atoms with Crippen molar-refractivity contribution in [2.45, 2.75) is 18.0 Å². The van der Waals surface area contributed by atoms with Gasteiger partial charge in [0.15, 0.2) is 0 Å². The minimum absolute atomic E-state index is 0.0135. The number of fused-ring (bicyclic) bond motifs is 3. The van der Waals surface area contributed by atoms with Crippen LogP contribution in [0.15, 0.2) is 54.1 Å². The Hall–Kier alpha value is -3.05. The summed E-state index contributed by atoms with van der Waals surface area (Å²) in [5.74, 6) is 1.45. The highest BCUT2D eigenvalue weighted by Gasteiger charge is 2.58. The van der Waals surface area contributed by atoms with Gasteiger partial charge >= 0.3 is 0 Å². The molecule has 5 nitrogen and oxygen atoms in total. The van der Waals surface area contributed by atoms with Crippen LogP contribution in [0.25, 0.3) is 6.08 Å². The first-order valence-corrected chi connectivity index (χ1v) is 9.69. The Morgan fingerprint density at radius 2 is 1.97 bits per heavy atom. The average molecular weight is 389 g/mol. The van der Waals surface area contributed by atoms with Crippen molar-refractivity contribution in [2.24, 2.45) is 0 Å². The summed E-state index contributed by atoms with van der Waals surface area (Å²) in [4.78, 5) is 15.2. The normalized spacial score (nSPS) is 23.7. The topological polar surface area (TPSA) is 48.0 Å². The van der Waals surface area contributed by atoms with E-state index in [1.807, 2.05) is 29.2 Å². The number of hydrogen-bond donors (Lipinski definition) is 0.